The highest BCUT2D eigenvalue weighted by Crippen LogP contribution is 2.15. The van der Waals surface area contributed by atoms with Crippen LogP contribution in [0.1, 0.15) is 0 Å². The Kier molecular flexibility index (Phi) is 3.61. The van der Waals surface area contributed by atoms with E-state index < -0.39 is 35.5 Å². The van der Waals surface area contributed by atoms with Crippen molar-refractivity contribution in [3.63, 3.8) is 0 Å². The quantitative estimate of drug-likeness (QED) is 0.510. The van der Waals surface area contributed by atoms with Gasteiger partial charge in [0.05, 0.1) is 6.10 Å². The largest absolute Gasteiger partial charge is 0.390 e. The molecule has 3 N–H and O–H groups in total. The molecule has 1 heterocycles. The maximum atomic E-state index is 12.8. The first-order valence-electron chi connectivity index (χ1n) is 5.36. The van der Waals surface area contributed by atoms with Gasteiger partial charge in [0.1, 0.15) is 17.6 Å². The fourth-order valence-corrected chi connectivity index (χ4v) is 1.66. The summed E-state index contributed by atoms with van der Waals surface area (Å²) < 4.78 is 25.7. The van der Waals surface area contributed by atoms with E-state index in [0.717, 1.165) is 12.1 Å². The minimum Gasteiger partial charge on any atom is -0.390 e. The predicted molar refractivity (Wildman–Crippen MR) is 57.6 cm³/mol. The molecule has 1 aliphatic rings. The van der Waals surface area contributed by atoms with Crippen molar-refractivity contribution in [3.05, 3.63) is 29.8 Å². The van der Waals surface area contributed by atoms with E-state index >= 15 is 0 Å². The third kappa shape index (κ3) is 2.97. The van der Waals surface area contributed by atoms with Crippen molar-refractivity contribution in [3.8, 4) is 5.75 Å². The monoisotopic (exact) mass is 272 g/mol. The molecule has 1 aromatic carbocycles. The van der Waals surface area contributed by atoms with Crippen molar-refractivity contribution in [2.75, 3.05) is 6.54 Å². The molecule has 8 heteroatoms. The minimum absolute atomic E-state index is 0.0362. The molecule has 1 saturated heterocycles. The van der Waals surface area contributed by atoms with E-state index in [9.17, 15) is 23.5 Å². The highest BCUT2D eigenvalue weighted by Gasteiger charge is 2.39. The molecule has 0 spiro atoms. The number of halogens is 2. The Hall–Kier alpha value is -2.22. The van der Waals surface area contributed by atoms with E-state index in [4.69, 9.17) is 0 Å². The van der Waals surface area contributed by atoms with Crippen LogP contribution in [0.4, 0.5) is 8.78 Å². The van der Waals surface area contributed by atoms with Gasteiger partial charge >= 0.3 is 0 Å². The Morgan fingerprint density at radius 3 is 2.53 bits per heavy atom. The van der Waals surface area contributed by atoms with Gasteiger partial charge in [-0.15, -0.1) is 0 Å². The first-order valence-corrected chi connectivity index (χ1v) is 5.36. The van der Waals surface area contributed by atoms with E-state index in [0.29, 0.717) is 6.07 Å². The van der Waals surface area contributed by atoms with Crippen LogP contribution in [0.15, 0.2) is 18.2 Å². The number of hydrogen-bond donors (Lipinski definition) is 3. The van der Waals surface area contributed by atoms with Gasteiger partial charge in [0.25, 0.3) is 5.91 Å². The van der Waals surface area contributed by atoms with Crippen LogP contribution < -0.4 is 15.6 Å². The molecule has 2 atom stereocenters. The predicted octanol–water partition coefficient (Wildman–Crippen LogP) is -0.518. The Morgan fingerprint density at radius 2 is 2.00 bits per heavy atom. The molecule has 19 heavy (non-hydrogen) atoms. The zero-order chi connectivity index (χ0) is 14.0. The van der Waals surface area contributed by atoms with Crippen LogP contribution in [-0.2, 0) is 9.59 Å². The van der Waals surface area contributed by atoms with Gasteiger partial charge in [0.2, 0.25) is 5.91 Å². The van der Waals surface area contributed by atoms with Gasteiger partial charge in [-0.05, 0) is 0 Å². The lowest BCUT2D eigenvalue weighted by Crippen LogP contribution is -2.40. The number of benzene rings is 1. The van der Waals surface area contributed by atoms with Crippen molar-refractivity contribution in [1.82, 2.24) is 10.8 Å². The number of aliphatic hydroxyl groups is 1. The average molecular weight is 272 g/mol. The fourth-order valence-electron chi connectivity index (χ4n) is 1.66. The second kappa shape index (κ2) is 5.19. The third-order valence-electron chi connectivity index (χ3n) is 2.54. The van der Waals surface area contributed by atoms with Gasteiger partial charge < -0.3 is 15.3 Å². The summed E-state index contributed by atoms with van der Waals surface area (Å²) in [5.41, 5.74) is 1.86. The van der Waals surface area contributed by atoms with Crippen LogP contribution in [0.2, 0.25) is 0 Å². The summed E-state index contributed by atoms with van der Waals surface area (Å²) in [6, 6.07) is 2.35. The molecule has 2 unspecified atom stereocenters. The van der Waals surface area contributed by atoms with E-state index in [2.05, 4.69) is 10.2 Å². The molecule has 1 fully saturated rings. The Balaban J connectivity index is 1.98. The number of aliphatic hydroxyl groups excluding tert-OH is 1. The van der Waals surface area contributed by atoms with Crippen molar-refractivity contribution in [2.24, 2.45) is 5.92 Å². The molecule has 102 valence electrons. The van der Waals surface area contributed by atoms with Crippen molar-refractivity contribution >= 4 is 11.8 Å². The van der Waals surface area contributed by atoms with Crippen molar-refractivity contribution in [2.45, 2.75) is 6.10 Å². The maximum absolute atomic E-state index is 12.8. The summed E-state index contributed by atoms with van der Waals surface area (Å²) in [6.45, 7) is -0.0362. The number of β-amino-alcohol motifs (C(OH)–C–C–N with tert-alkyl or cyclic N) is 1. The average Bonchev–Trinajstić information content (AvgIpc) is 2.65. The summed E-state index contributed by atoms with van der Waals surface area (Å²) in [6.07, 6.45) is -1.17. The smallest absolute Gasteiger partial charge is 0.267 e. The number of rotatable bonds is 3. The van der Waals surface area contributed by atoms with Crippen LogP contribution in [0.3, 0.4) is 0 Å². The van der Waals surface area contributed by atoms with Crippen molar-refractivity contribution in [1.29, 1.82) is 0 Å². The van der Waals surface area contributed by atoms with Gasteiger partial charge in [-0.25, -0.2) is 8.78 Å². The second-order valence-corrected chi connectivity index (χ2v) is 3.96. The molecule has 0 radical (unpaired) electrons. The molecule has 1 aromatic rings. The third-order valence-corrected chi connectivity index (χ3v) is 2.54. The molecular weight excluding hydrogens is 262 g/mol. The molecule has 0 saturated carbocycles. The standard InChI is InChI=1S/C11H10F2N2O4/c12-5-1-6(13)3-7(2-5)19-15-11(18)9-8(16)4-14-10(9)17/h1-3,8-9,16H,4H2,(H,14,17)(H,15,18). The molecule has 0 bridgehead atoms. The lowest BCUT2D eigenvalue weighted by Gasteiger charge is -2.12. The van der Waals surface area contributed by atoms with Gasteiger partial charge in [-0.2, -0.15) is 5.48 Å². The molecule has 0 aliphatic carbocycles. The van der Waals surface area contributed by atoms with Crippen LogP contribution in [-0.4, -0.2) is 29.6 Å². The highest BCUT2D eigenvalue weighted by atomic mass is 19.1. The molecule has 2 amide bonds. The highest BCUT2D eigenvalue weighted by molar-refractivity contribution is 6.02. The lowest BCUT2D eigenvalue weighted by molar-refractivity contribution is -0.140. The molecular formula is C11H10F2N2O4. The van der Waals surface area contributed by atoms with E-state index in [1.165, 1.54) is 0 Å². The van der Waals surface area contributed by atoms with Gasteiger partial charge in [0.15, 0.2) is 5.75 Å². The van der Waals surface area contributed by atoms with Crippen LogP contribution >= 0.6 is 0 Å². The summed E-state index contributed by atoms with van der Waals surface area (Å²) in [7, 11) is 0. The van der Waals surface area contributed by atoms with E-state index in [1.807, 2.05) is 5.48 Å². The number of hydroxylamine groups is 1. The topological polar surface area (TPSA) is 87.7 Å². The van der Waals surface area contributed by atoms with Crippen LogP contribution in [0.25, 0.3) is 0 Å². The van der Waals surface area contributed by atoms with Crippen molar-refractivity contribution < 1.29 is 28.3 Å². The molecule has 6 nitrogen and oxygen atoms in total. The van der Waals surface area contributed by atoms with Gasteiger partial charge in [-0.3, -0.25) is 9.59 Å². The van der Waals surface area contributed by atoms with Gasteiger partial charge in [0, 0.05) is 24.7 Å². The Morgan fingerprint density at radius 1 is 1.37 bits per heavy atom. The lowest BCUT2D eigenvalue weighted by atomic mass is 10.1. The number of carbonyl (C=O) groups excluding carboxylic acids is 2. The zero-order valence-electron chi connectivity index (χ0n) is 9.52. The first-order chi connectivity index (χ1) is 8.97. The zero-order valence-corrected chi connectivity index (χ0v) is 9.52. The molecule has 0 aromatic heterocycles. The first kappa shape index (κ1) is 13.2. The Bertz CT molecular complexity index is 503. The summed E-state index contributed by atoms with van der Waals surface area (Å²) >= 11 is 0. The summed E-state index contributed by atoms with van der Waals surface area (Å²) in [5.74, 6) is -4.85. The molecule has 1 aliphatic heterocycles. The summed E-state index contributed by atoms with van der Waals surface area (Å²) in [5, 5.41) is 11.7. The Labute approximate surface area is 106 Å². The van der Waals surface area contributed by atoms with Crippen LogP contribution in [0, 0.1) is 17.6 Å². The second-order valence-electron chi connectivity index (χ2n) is 3.96. The van der Waals surface area contributed by atoms with E-state index in [1.54, 1.807) is 0 Å². The number of hydrogen-bond acceptors (Lipinski definition) is 4. The van der Waals surface area contributed by atoms with Crippen LogP contribution in [0.5, 0.6) is 5.75 Å². The SMILES string of the molecule is O=C1NCC(O)C1C(=O)NOc1cc(F)cc(F)c1. The molecule has 2 rings (SSSR count). The van der Waals surface area contributed by atoms with Gasteiger partial charge in [-0.1, -0.05) is 0 Å². The fraction of sp³-hybridized carbons (Fsp3) is 0.273. The number of carbonyl (C=O) groups is 2. The minimum atomic E-state index is -1.31. The maximum Gasteiger partial charge on any atom is 0.267 e. The normalized spacial score (nSPS) is 21.9. The number of amides is 2. The number of nitrogens with one attached hydrogen (secondary N) is 2. The summed E-state index contributed by atoms with van der Waals surface area (Å²) in [4.78, 5) is 27.5. The van der Waals surface area contributed by atoms with E-state index in [-0.39, 0.29) is 12.3 Å².